The first-order chi connectivity index (χ1) is 13.0. The molecule has 0 aromatic heterocycles. The standard InChI is InChI=1S/C20H29N3O2S2/c1-5-23(6-2)16-10-8-15(9-11-16)18-17(14(4)21-20(26)22-18)19(24)25-12-13-27-7-3/h8-11,18H,5-7,12-13H2,1-4H3,(H2,21,22,26). The molecule has 1 atom stereocenters. The number of anilines is 1. The summed E-state index contributed by atoms with van der Waals surface area (Å²) in [6.45, 7) is 10.6. The van der Waals surface area contributed by atoms with Gasteiger partial charge in [-0.25, -0.2) is 4.79 Å². The molecule has 5 nitrogen and oxygen atoms in total. The van der Waals surface area contributed by atoms with Crippen LogP contribution < -0.4 is 15.5 Å². The number of rotatable bonds is 9. The Morgan fingerprint density at radius 1 is 1.22 bits per heavy atom. The van der Waals surface area contributed by atoms with Crippen molar-refractivity contribution in [2.45, 2.75) is 33.7 Å². The SMILES string of the molecule is CCSCCOC(=O)C1=C(C)NC(=S)NC1c1ccc(N(CC)CC)cc1. The van der Waals surface area contributed by atoms with Crippen LogP contribution in [0.1, 0.15) is 39.3 Å². The highest BCUT2D eigenvalue weighted by Gasteiger charge is 2.30. The van der Waals surface area contributed by atoms with Gasteiger partial charge in [0.2, 0.25) is 0 Å². The highest BCUT2D eigenvalue weighted by molar-refractivity contribution is 7.99. The lowest BCUT2D eigenvalue weighted by Crippen LogP contribution is -2.45. The molecule has 2 N–H and O–H groups in total. The first kappa shape index (κ1) is 21.6. The third-order valence-electron chi connectivity index (χ3n) is 4.51. The molecule has 1 aromatic rings. The molecular formula is C20H29N3O2S2. The predicted octanol–water partition coefficient (Wildman–Crippen LogP) is 3.62. The van der Waals surface area contributed by atoms with Crippen molar-refractivity contribution >= 4 is 40.7 Å². The summed E-state index contributed by atoms with van der Waals surface area (Å²) in [5.74, 6) is 1.51. The van der Waals surface area contributed by atoms with Crippen LogP contribution in [0.15, 0.2) is 35.5 Å². The van der Waals surface area contributed by atoms with Gasteiger partial charge in [-0.2, -0.15) is 11.8 Å². The van der Waals surface area contributed by atoms with Crippen molar-refractivity contribution in [3.05, 3.63) is 41.1 Å². The van der Waals surface area contributed by atoms with E-state index in [2.05, 4.69) is 48.4 Å². The lowest BCUT2D eigenvalue weighted by molar-refractivity contribution is -0.138. The van der Waals surface area contributed by atoms with Crippen LogP contribution in [0, 0.1) is 0 Å². The number of thioether (sulfide) groups is 1. The van der Waals surface area contributed by atoms with Gasteiger partial charge < -0.3 is 20.3 Å². The number of hydrogen-bond acceptors (Lipinski definition) is 5. The van der Waals surface area contributed by atoms with Crippen molar-refractivity contribution in [3.63, 3.8) is 0 Å². The maximum absolute atomic E-state index is 12.7. The Balaban J connectivity index is 2.22. The normalized spacial score (nSPS) is 16.6. The summed E-state index contributed by atoms with van der Waals surface area (Å²) in [6.07, 6.45) is 0. The monoisotopic (exact) mass is 407 g/mol. The molecular weight excluding hydrogens is 378 g/mol. The molecule has 0 saturated carbocycles. The molecule has 1 unspecified atom stereocenters. The Morgan fingerprint density at radius 3 is 2.48 bits per heavy atom. The Hall–Kier alpha value is -1.73. The quantitative estimate of drug-likeness (QED) is 0.368. The molecule has 0 fully saturated rings. The Morgan fingerprint density at radius 2 is 1.89 bits per heavy atom. The lowest BCUT2D eigenvalue weighted by Gasteiger charge is -2.30. The molecule has 0 radical (unpaired) electrons. The summed E-state index contributed by atoms with van der Waals surface area (Å²) in [4.78, 5) is 15.0. The number of benzene rings is 1. The van der Waals surface area contributed by atoms with Crippen LogP contribution in [0.3, 0.4) is 0 Å². The molecule has 0 bridgehead atoms. The van der Waals surface area contributed by atoms with Crippen LogP contribution in [0.4, 0.5) is 5.69 Å². The van der Waals surface area contributed by atoms with Gasteiger partial charge in [0.1, 0.15) is 6.61 Å². The van der Waals surface area contributed by atoms with E-state index in [-0.39, 0.29) is 12.0 Å². The van der Waals surface area contributed by atoms with Gasteiger partial charge in [0, 0.05) is 30.2 Å². The summed E-state index contributed by atoms with van der Waals surface area (Å²) in [5.41, 5.74) is 3.48. The van der Waals surface area contributed by atoms with Crippen LogP contribution in [0.2, 0.25) is 0 Å². The predicted molar refractivity (Wildman–Crippen MR) is 118 cm³/mol. The van der Waals surface area contributed by atoms with Crippen LogP contribution in [-0.4, -0.2) is 42.3 Å². The van der Waals surface area contributed by atoms with E-state index in [1.54, 1.807) is 11.8 Å². The Kier molecular flexibility index (Phi) is 8.44. The van der Waals surface area contributed by atoms with Gasteiger partial charge in [0.05, 0.1) is 11.6 Å². The second kappa shape index (κ2) is 10.6. The molecule has 0 spiro atoms. The zero-order chi connectivity index (χ0) is 19.8. The summed E-state index contributed by atoms with van der Waals surface area (Å²) < 4.78 is 5.49. The fraction of sp³-hybridized carbons (Fsp3) is 0.500. The van der Waals surface area contributed by atoms with Gasteiger partial charge >= 0.3 is 5.97 Å². The molecule has 0 amide bonds. The van der Waals surface area contributed by atoms with E-state index in [4.69, 9.17) is 17.0 Å². The number of hydrogen-bond donors (Lipinski definition) is 2. The van der Waals surface area contributed by atoms with Gasteiger partial charge in [0.15, 0.2) is 5.11 Å². The Bertz CT molecular complexity index is 685. The largest absolute Gasteiger partial charge is 0.461 e. The average Bonchev–Trinajstić information content (AvgIpc) is 2.66. The lowest BCUT2D eigenvalue weighted by atomic mass is 9.95. The van der Waals surface area contributed by atoms with Gasteiger partial charge in [-0.05, 0) is 56.4 Å². The van der Waals surface area contributed by atoms with Crippen molar-refractivity contribution in [1.82, 2.24) is 10.6 Å². The molecule has 27 heavy (non-hydrogen) atoms. The summed E-state index contributed by atoms with van der Waals surface area (Å²) >= 11 is 7.06. The van der Waals surface area contributed by atoms with Crippen LogP contribution >= 0.6 is 24.0 Å². The summed E-state index contributed by atoms with van der Waals surface area (Å²) in [5, 5.41) is 6.78. The van der Waals surface area contributed by atoms with Gasteiger partial charge in [-0.15, -0.1) is 0 Å². The smallest absolute Gasteiger partial charge is 0.338 e. The third kappa shape index (κ3) is 5.62. The molecule has 0 saturated heterocycles. The second-order valence-corrected chi connectivity index (χ2v) is 7.97. The number of allylic oxidation sites excluding steroid dienone is 1. The van der Waals surface area contributed by atoms with Crippen molar-refractivity contribution in [2.24, 2.45) is 0 Å². The number of nitrogens with zero attached hydrogens (tertiary/aromatic N) is 1. The third-order valence-corrected chi connectivity index (χ3v) is 5.59. The van der Waals surface area contributed by atoms with Crippen molar-refractivity contribution in [3.8, 4) is 0 Å². The zero-order valence-electron chi connectivity index (χ0n) is 16.5. The van der Waals surface area contributed by atoms with Crippen LogP contribution in [0.5, 0.6) is 0 Å². The first-order valence-electron chi connectivity index (χ1n) is 9.39. The maximum atomic E-state index is 12.7. The Labute approximate surface area is 171 Å². The molecule has 0 aliphatic carbocycles. The van der Waals surface area contributed by atoms with E-state index in [0.717, 1.165) is 35.9 Å². The highest BCUT2D eigenvalue weighted by atomic mass is 32.2. The number of carbonyl (C=O) groups is 1. The summed E-state index contributed by atoms with van der Waals surface area (Å²) in [6, 6.07) is 7.96. The fourth-order valence-corrected chi connectivity index (χ4v) is 3.86. The molecule has 1 heterocycles. The van der Waals surface area contributed by atoms with Gasteiger partial charge in [-0.1, -0.05) is 19.1 Å². The number of nitrogens with one attached hydrogen (secondary N) is 2. The minimum Gasteiger partial charge on any atom is -0.461 e. The number of thiocarbonyl (C=S) groups is 1. The van der Waals surface area contributed by atoms with Crippen molar-refractivity contribution < 1.29 is 9.53 Å². The minimum absolute atomic E-state index is 0.301. The number of carbonyl (C=O) groups excluding carboxylic acids is 1. The minimum atomic E-state index is -0.309. The van der Waals surface area contributed by atoms with Gasteiger partial charge in [0.25, 0.3) is 0 Å². The van der Waals surface area contributed by atoms with E-state index in [0.29, 0.717) is 17.3 Å². The van der Waals surface area contributed by atoms with E-state index >= 15 is 0 Å². The molecule has 2 rings (SSSR count). The second-order valence-electron chi connectivity index (χ2n) is 6.17. The topological polar surface area (TPSA) is 53.6 Å². The van der Waals surface area contributed by atoms with Crippen molar-refractivity contribution in [2.75, 3.05) is 36.1 Å². The van der Waals surface area contributed by atoms with Gasteiger partial charge in [-0.3, -0.25) is 0 Å². The molecule has 1 aromatic carbocycles. The van der Waals surface area contributed by atoms with E-state index < -0.39 is 0 Å². The van der Waals surface area contributed by atoms with E-state index in [1.165, 1.54) is 5.69 Å². The van der Waals surface area contributed by atoms with Crippen molar-refractivity contribution in [1.29, 1.82) is 0 Å². The zero-order valence-corrected chi connectivity index (χ0v) is 18.1. The molecule has 7 heteroatoms. The molecule has 148 valence electrons. The highest BCUT2D eigenvalue weighted by Crippen LogP contribution is 2.29. The summed E-state index contributed by atoms with van der Waals surface area (Å²) in [7, 11) is 0. The molecule has 1 aliphatic heterocycles. The van der Waals surface area contributed by atoms with E-state index in [1.807, 2.05) is 19.1 Å². The van der Waals surface area contributed by atoms with Crippen LogP contribution in [-0.2, 0) is 9.53 Å². The van der Waals surface area contributed by atoms with Crippen LogP contribution in [0.25, 0.3) is 0 Å². The fourth-order valence-electron chi connectivity index (χ4n) is 3.10. The van der Waals surface area contributed by atoms with E-state index in [9.17, 15) is 4.79 Å². The maximum Gasteiger partial charge on any atom is 0.338 e. The number of esters is 1. The average molecular weight is 408 g/mol. The molecule has 1 aliphatic rings. The first-order valence-corrected chi connectivity index (χ1v) is 11.0. The number of ether oxygens (including phenoxy) is 1.